The normalized spacial score (nSPS) is 18.2. The Morgan fingerprint density at radius 2 is 1.89 bits per heavy atom. The third-order valence-corrected chi connectivity index (χ3v) is 8.47. The molecule has 0 aliphatic carbocycles. The monoisotopic (exact) mass is 580 g/mol. The summed E-state index contributed by atoms with van der Waals surface area (Å²) < 4.78 is 94.7. The van der Waals surface area contributed by atoms with Crippen LogP contribution in [0.15, 0.2) is 29.3 Å². The van der Waals surface area contributed by atoms with E-state index in [1.807, 2.05) is 0 Å². The second-order valence-corrected chi connectivity index (χ2v) is 12.9. The van der Waals surface area contributed by atoms with Crippen molar-refractivity contribution in [3.05, 3.63) is 30.1 Å². The maximum absolute atomic E-state index is 13.9. The lowest BCUT2D eigenvalue weighted by molar-refractivity contribution is 0.0560. The molecule has 1 aromatic carbocycles. The van der Waals surface area contributed by atoms with Gasteiger partial charge in [0.1, 0.15) is 22.4 Å². The number of halogens is 2. The summed E-state index contributed by atoms with van der Waals surface area (Å²) in [7, 11) is -7.22. The van der Waals surface area contributed by atoms with E-state index in [1.54, 1.807) is 20.8 Å². The van der Waals surface area contributed by atoms with Crippen LogP contribution in [-0.4, -0.2) is 64.0 Å². The quantitative estimate of drug-likeness (QED) is 0.429. The van der Waals surface area contributed by atoms with Crippen molar-refractivity contribution in [2.75, 3.05) is 23.2 Å². The van der Waals surface area contributed by atoms with Crippen LogP contribution in [0.4, 0.5) is 25.0 Å². The smallest absolute Gasteiger partial charge is 0.412 e. The lowest BCUT2D eigenvalue weighted by Gasteiger charge is -2.41. The number of nitrogens with one attached hydrogen (secondary N) is 3. The van der Waals surface area contributed by atoms with Gasteiger partial charge in [-0.05, 0) is 52.8 Å². The van der Waals surface area contributed by atoms with E-state index < -0.39 is 55.5 Å². The molecule has 2 aromatic rings. The van der Waals surface area contributed by atoms with Crippen molar-refractivity contribution >= 4 is 37.7 Å². The van der Waals surface area contributed by atoms with Crippen molar-refractivity contribution in [1.82, 2.24) is 19.2 Å². The average molecular weight is 581 g/mol. The van der Waals surface area contributed by atoms with Gasteiger partial charge in [0.15, 0.2) is 0 Å². The van der Waals surface area contributed by atoms with Gasteiger partial charge < -0.3 is 9.47 Å². The summed E-state index contributed by atoms with van der Waals surface area (Å²) in [6.07, 6.45) is -1.08. The highest BCUT2D eigenvalue weighted by Gasteiger charge is 2.42. The first-order valence-electron chi connectivity index (χ1n) is 11.3. The molecule has 212 valence electrons. The molecule has 17 heteroatoms. The first-order chi connectivity index (χ1) is 17.4. The number of carbonyl (C=O) groups excluding carboxylic acids is 1. The van der Waals surface area contributed by atoms with E-state index in [0.717, 1.165) is 10.5 Å². The Bertz CT molecular complexity index is 1410. The summed E-state index contributed by atoms with van der Waals surface area (Å²) in [6.45, 7) is 4.38. The van der Waals surface area contributed by atoms with Crippen molar-refractivity contribution in [2.45, 2.75) is 63.8 Å². The Morgan fingerprint density at radius 3 is 2.45 bits per heavy atom. The Morgan fingerprint density at radius 1 is 1.24 bits per heavy atom. The number of fused-ring (bicyclic) bond motifs is 1. The molecule has 1 aliphatic heterocycles. The highest BCUT2D eigenvalue weighted by Crippen LogP contribution is 2.42. The number of rotatable bonds is 8. The van der Waals surface area contributed by atoms with Crippen LogP contribution >= 0.6 is 0 Å². The molecule has 0 spiro atoms. The summed E-state index contributed by atoms with van der Waals surface area (Å²) in [5.74, 6) is 0.0500. The lowest BCUT2D eigenvalue weighted by atomic mass is 10.1. The number of nitrogens with zero attached hydrogens (tertiary/aromatic N) is 3. The molecule has 0 saturated carbocycles. The maximum Gasteiger partial charge on any atom is 0.412 e. The second-order valence-electron chi connectivity index (χ2n) is 9.40. The van der Waals surface area contributed by atoms with Gasteiger partial charge in [-0.1, -0.05) is 0 Å². The topological polar surface area (TPSA) is 161 Å². The molecule has 1 amide bonds. The number of alkyl halides is 2. The molecule has 2 atom stereocenters. The van der Waals surface area contributed by atoms with Gasteiger partial charge in [0.05, 0.1) is 30.2 Å². The molecule has 3 N–H and O–H groups in total. The van der Waals surface area contributed by atoms with Crippen LogP contribution in [0.5, 0.6) is 5.75 Å². The highest BCUT2D eigenvalue weighted by molar-refractivity contribution is 7.93. The van der Waals surface area contributed by atoms with Crippen molar-refractivity contribution in [2.24, 2.45) is 0 Å². The predicted molar refractivity (Wildman–Crippen MR) is 134 cm³/mol. The standard InChI is InChI=1S/C21H30F2N6O7S2/c1-12-18(11-28(27-12)19(22)23)37(31,32)29-13(2)17(10-25-38(33,34)24-6)35-16-8-7-14(9-15(16)29)26-20(30)36-21(3,4)5/h7-9,11,13,17,19,24-25H,10H2,1-6H3,(H,26,30)/t13-,17+/m1/s1. The number of aryl methyl sites for hydroxylation is 1. The van der Waals surface area contributed by atoms with Crippen LogP contribution in [-0.2, 0) is 25.0 Å². The van der Waals surface area contributed by atoms with Crippen molar-refractivity contribution < 1.29 is 39.9 Å². The molecule has 1 aromatic heterocycles. The molecule has 2 heterocycles. The van der Waals surface area contributed by atoms with E-state index in [2.05, 4.69) is 19.9 Å². The third kappa shape index (κ3) is 6.51. The van der Waals surface area contributed by atoms with E-state index in [4.69, 9.17) is 9.47 Å². The fraction of sp³-hybridized carbons (Fsp3) is 0.524. The van der Waals surface area contributed by atoms with E-state index in [9.17, 15) is 30.4 Å². The first kappa shape index (κ1) is 29.5. The van der Waals surface area contributed by atoms with Crippen LogP contribution in [0.3, 0.4) is 0 Å². The number of amides is 1. The fourth-order valence-electron chi connectivity index (χ4n) is 3.67. The predicted octanol–water partition coefficient (Wildman–Crippen LogP) is 2.33. The molecule has 0 unspecified atom stereocenters. The van der Waals surface area contributed by atoms with E-state index in [0.29, 0.717) is 0 Å². The Balaban J connectivity index is 2.08. The van der Waals surface area contributed by atoms with Crippen LogP contribution in [0.25, 0.3) is 0 Å². The van der Waals surface area contributed by atoms with Gasteiger partial charge in [0.25, 0.3) is 20.2 Å². The van der Waals surface area contributed by atoms with Gasteiger partial charge in [0, 0.05) is 12.7 Å². The fourth-order valence-corrected chi connectivity index (χ4v) is 6.04. The van der Waals surface area contributed by atoms with E-state index in [-0.39, 0.29) is 34.0 Å². The molecular weight excluding hydrogens is 550 g/mol. The van der Waals surface area contributed by atoms with Gasteiger partial charge in [0.2, 0.25) is 0 Å². The Kier molecular flexibility index (Phi) is 8.26. The summed E-state index contributed by atoms with van der Waals surface area (Å²) in [4.78, 5) is 11.8. The Hall–Kier alpha value is -3.02. The number of aromatic nitrogens is 2. The minimum Gasteiger partial charge on any atom is -0.485 e. The molecule has 38 heavy (non-hydrogen) atoms. The van der Waals surface area contributed by atoms with Gasteiger partial charge >= 0.3 is 12.6 Å². The van der Waals surface area contributed by atoms with Crippen molar-refractivity contribution in [1.29, 1.82) is 0 Å². The Labute approximate surface area is 219 Å². The summed E-state index contributed by atoms with van der Waals surface area (Å²) >= 11 is 0. The summed E-state index contributed by atoms with van der Waals surface area (Å²) in [5.41, 5.74) is -0.797. The third-order valence-electron chi connectivity index (χ3n) is 5.38. The van der Waals surface area contributed by atoms with Gasteiger partial charge in [-0.3, -0.25) is 9.62 Å². The van der Waals surface area contributed by atoms with Crippen LogP contribution < -0.4 is 23.8 Å². The molecule has 0 bridgehead atoms. The van der Waals surface area contributed by atoms with Crippen molar-refractivity contribution in [3.63, 3.8) is 0 Å². The minimum atomic E-state index is -4.53. The molecule has 0 radical (unpaired) electrons. The van der Waals surface area contributed by atoms with Gasteiger partial charge in [-0.25, -0.2) is 22.6 Å². The maximum atomic E-state index is 13.9. The largest absolute Gasteiger partial charge is 0.485 e. The summed E-state index contributed by atoms with van der Waals surface area (Å²) in [5, 5.41) is 6.11. The minimum absolute atomic E-state index is 0.0111. The van der Waals surface area contributed by atoms with E-state index in [1.165, 1.54) is 39.1 Å². The molecule has 13 nitrogen and oxygen atoms in total. The lowest BCUT2D eigenvalue weighted by Crippen LogP contribution is -2.55. The molecule has 1 aliphatic rings. The number of hydrogen-bond acceptors (Lipinski definition) is 8. The van der Waals surface area contributed by atoms with Crippen LogP contribution in [0.1, 0.15) is 39.9 Å². The average Bonchev–Trinajstić information content (AvgIpc) is 3.19. The molecular formula is C21H30F2N6O7S2. The number of carbonyl (C=O) groups is 1. The highest BCUT2D eigenvalue weighted by atomic mass is 32.2. The number of hydrogen-bond donors (Lipinski definition) is 3. The SMILES string of the molecule is CNS(=O)(=O)NC[C@@H]1Oc2ccc(NC(=O)OC(C)(C)C)cc2N(S(=O)(=O)c2cn(C(F)F)nc2C)[C@@H]1C. The molecule has 3 rings (SSSR count). The number of ether oxygens (including phenoxy) is 2. The zero-order valence-corrected chi connectivity index (χ0v) is 23.2. The first-order valence-corrected chi connectivity index (χ1v) is 14.2. The van der Waals surface area contributed by atoms with Crippen molar-refractivity contribution in [3.8, 4) is 5.75 Å². The summed E-state index contributed by atoms with van der Waals surface area (Å²) in [6, 6.07) is 3.14. The number of sulfonamides is 1. The number of anilines is 2. The zero-order valence-electron chi connectivity index (χ0n) is 21.5. The molecule has 0 fully saturated rings. The molecule has 0 saturated heterocycles. The number of benzene rings is 1. The van der Waals surface area contributed by atoms with Crippen LogP contribution in [0, 0.1) is 6.92 Å². The van der Waals surface area contributed by atoms with Gasteiger partial charge in [-0.15, -0.1) is 0 Å². The van der Waals surface area contributed by atoms with E-state index >= 15 is 0 Å². The second kappa shape index (κ2) is 10.6. The van der Waals surface area contributed by atoms with Crippen LogP contribution in [0.2, 0.25) is 0 Å². The van der Waals surface area contributed by atoms with Gasteiger partial charge in [-0.2, -0.15) is 27.0 Å². The zero-order chi connectivity index (χ0) is 28.6.